The Morgan fingerprint density at radius 2 is 2.08 bits per heavy atom. The molecule has 0 aliphatic heterocycles. The molecular formula is C12H12ClN9O2. The molecule has 0 amide bonds. The van der Waals surface area contributed by atoms with E-state index in [-0.39, 0.29) is 11.5 Å². The van der Waals surface area contributed by atoms with Crippen molar-refractivity contribution in [1.29, 1.82) is 0 Å². The number of fused-ring (bicyclic) bond motifs is 1. The summed E-state index contributed by atoms with van der Waals surface area (Å²) in [4.78, 5) is 22.2. The Bertz CT molecular complexity index is 897. The molecule has 0 aromatic carbocycles. The number of halogens is 1. The van der Waals surface area contributed by atoms with Gasteiger partial charge in [-0.1, -0.05) is 11.6 Å². The molecule has 124 valence electrons. The van der Waals surface area contributed by atoms with Gasteiger partial charge in [0, 0.05) is 25.2 Å². The molecule has 3 aromatic heterocycles. The minimum atomic E-state index is -0.581. The average molecular weight is 350 g/mol. The van der Waals surface area contributed by atoms with Gasteiger partial charge in [0.25, 0.3) is 0 Å². The van der Waals surface area contributed by atoms with Gasteiger partial charge in [0.05, 0.1) is 4.92 Å². The molecule has 0 spiro atoms. The lowest BCUT2D eigenvalue weighted by molar-refractivity contribution is -0.384. The second-order valence-corrected chi connectivity index (χ2v) is 5.03. The van der Waals surface area contributed by atoms with Crippen LogP contribution in [-0.4, -0.2) is 42.6 Å². The zero-order valence-corrected chi connectivity index (χ0v) is 12.9. The molecule has 0 atom stereocenters. The molecule has 11 nitrogen and oxygen atoms in total. The van der Waals surface area contributed by atoms with E-state index in [0.717, 1.165) is 0 Å². The molecule has 0 unspecified atom stereocenters. The molecule has 3 aromatic rings. The van der Waals surface area contributed by atoms with Crippen LogP contribution in [0.4, 0.5) is 23.3 Å². The number of nitrogens with one attached hydrogen (secondary N) is 2. The fourth-order valence-electron chi connectivity index (χ4n) is 2.00. The number of pyridine rings is 1. The smallest absolute Gasteiger partial charge is 0.311 e. The van der Waals surface area contributed by atoms with Crippen molar-refractivity contribution in [3.63, 3.8) is 0 Å². The fourth-order valence-corrected chi connectivity index (χ4v) is 2.18. The van der Waals surface area contributed by atoms with Gasteiger partial charge in [-0.2, -0.15) is 9.61 Å². The number of nitrogen functional groups attached to an aromatic ring is 1. The Hall–Kier alpha value is -3.21. The largest absolute Gasteiger partial charge is 0.378 e. The van der Waals surface area contributed by atoms with E-state index in [1.165, 1.54) is 23.0 Å². The first-order valence-corrected chi connectivity index (χ1v) is 7.17. The maximum atomic E-state index is 10.7. The summed E-state index contributed by atoms with van der Waals surface area (Å²) >= 11 is 5.92. The van der Waals surface area contributed by atoms with Gasteiger partial charge in [-0.3, -0.25) is 10.1 Å². The molecule has 12 heteroatoms. The summed E-state index contributed by atoms with van der Waals surface area (Å²) in [5, 5.41) is 21.1. The third-order valence-corrected chi connectivity index (χ3v) is 3.24. The molecule has 3 rings (SSSR count). The summed E-state index contributed by atoms with van der Waals surface area (Å²) < 4.78 is 1.52. The minimum Gasteiger partial charge on any atom is -0.378 e. The highest BCUT2D eigenvalue weighted by molar-refractivity contribution is 6.29. The second kappa shape index (κ2) is 6.50. The number of hydrogen-bond acceptors (Lipinski definition) is 9. The topological polar surface area (TPSA) is 149 Å². The van der Waals surface area contributed by atoms with Crippen LogP contribution in [0.5, 0.6) is 0 Å². The van der Waals surface area contributed by atoms with Gasteiger partial charge in [0.2, 0.25) is 11.8 Å². The van der Waals surface area contributed by atoms with E-state index in [2.05, 4.69) is 30.7 Å². The lowest BCUT2D eigenvalue weighted by Crippen LogP contribution is -2.17. The Balaban J connectivity index is 1.60. The maximum Gasteiger partial charge on any atom is 0.311 e. The van der Waals surface area contributed by atoms with Crippen molar-refractivity contribution >= 4 is 40.5 Å². The van der Waals surface area contributed by atoms with Crippen LogP contribution in [0.3, 0.4) is 0 Å². The summed E-state index contributed by atoms with van der Waals surface area (Å²) in [7, 11) is 0. The number of anilines is 3. The standard InChI is InChI=1S/C12H12ClN9O2/c13-8-5-10-17-6-18-21(10)12(19-8)16-4-3-15-9-2-1-7(22(23)24)11(14)20-9/h1-2,5-6H,3-4H2,(H,16,19)(H3,14,15,20). The van der Waals surface area contributed by atoms with Crippen LogP contribution in [-0.2, 0) is 0 Å². The van der Waals surface area contributed by atoms with Crippen molar-refractivity contribution in [1.82, 2.24) is 24.6 Å². The van der Waals surface area contributed by atoms with Crippen molar-refractivity contribution in [3.05, 3.63) is 39.8 Å². The maximum absolute atomic E-state index is 10.7. The van der Waals surface area contributed by atoms with E-state index < -0.39 is 4.92 Å². The van der Waals surface area contributed by atoms with Gasteiger partial charge in [0.1, 0.15) is 17.3 Å². The Labute approximate surface area is 140 Å². The fraction of sp³-hybridized carbons (Fsp3) is 0.167. The van der Waals surface area contributed by atoms with E-state index in [4.69, 9.17) is 17.3 Å². The number of aromatic nitrogens is 5. The van der Waals surface area contributed by atoms with Gasteiger partial charge in [-0.15, -0.1) is 0 Å². The summed E-state index contributed by atoms with van der Waals surface area (Å²) in [6.45, 7) is 0.940. The highest BCUT2D eigenvalue weighted by Crippen LogP contribution is 2.20. The lowest BCUT2D eigenvalue weighted by Gasteiger charge is -2.09. The number of rotatable bonds is 6. The number of nitrogens with two attached hydrogens (primary N) is 1. The third kappa shape index (κ3) is 3.25. The molecule has 0 saturated heterocycles. The van der Waals surface area contributed by atoms with E-state index in [1.807, 2.05) is 0 Å². The zero-order chi connectivity index (χ0) is 17.1. The highest BCUT2D eigenvalue weighted by atomic mass is 35.5. The number of hydrogen-bond donors (Lipinski definition) is 3. The van der Waals surface area contributed by atoms with Crippen LogP contribution >= 0.6 is 11.6 Å². The first-order valence-electron chi connectivity index (χ1n) is 6.79. The average Bonchev–Trinajstić information content (AvgIpc) is 2.99. The molecule has 0 bridgehead atoms. The van der Waals surface area contributed by atoms with Crippen molar-refractivity contribution in [3.8, 4) is 0 Å². The Morgan fingerprint density at radius 3 is 2.83 bits per heavy atom. The van der Waals surface area contributed by atoms with Crippen molar-refractivity contribution in [2.75, 3.05) is 29.5 Å². The second-order valence-electron chi connectivity index (χ2n) is 4.64. The molecular weight excluding hydrogens is 338 g/mol. The third-order valence-electron chi connectivity index (χ3n) is 3.05. The van der Waals surface area contributed by atoms with E-state index >= 15 is 0 Å². The normalized spacial score (nSPS) is 10.7. The quantitative estimate of drug-likeness (QED) is 0.258. The van der Waals surface area contributed by atoms with Crippen LogP contribution in [0.2, 0.25) is 5.15 Å². The van der Waals surface area contributed by atoms with Gasteiger partial charge in [-0.25, -0.2) is 15.0 Å². The van der Waals surface area contributed by atoms with Crippen molar-refractivity contribution in [2.45, 2.75) is 0 Å². The summed E-state index contributed by atoms with van der Waals surface area (Å²) in [6, 6.07) is 4.39. The molecule has 24 heavy (non-hydrogen) atoms. The first-order chi connectivity index (χ1) is 11.5. The molecule has 0 radical (unpaired) electrons. The highest BCUT2D eigenvalue weighted by Gasteiger charge is 2.12. The van der Waals surface area contributed by atoms with Crippen molar-refractivity contribution in [2.24, 2.45) is 0 Å². The van der Waals surface area contributed by atoms with Gasteiger partial charge >= 0.3 is 5.69 Å². The first kappa shape index (κ1) is 15.7. The summed E-state index contributed by atoms with van der Waals surface area (Å²) in [5.74, 6) is 0.747. The molecule has 0 aliphatic carbocycles. The van der Waals surface area contributed by atoms with Crippen LogP contribution in [0.15, 0.2) is 24.5 Å². The van der Waals surface area contributed by atoms with Gasteiger partial charge in [0.15, 0.2) is 5.65 Å². The van der Waals surface area contributed by atoms with Crippen LogP contribution in [0, 0.1) is 10.1 Å². The lowest BCUT2D eigenvalue weighted by atomic mass is 10.4. The van der Waals surface area contributed by atoms with Crippen molar-refractivity contribution < 1.29 is 4.92 Å². The molecule has 0 aliphatic rings. The molecule has 3 heterocycles. The minimum absolute atomic E-state index is 0.140. The summed E-state index contributed by atoms with van der Waals surface area (Å²) in [5.41, 5.74) is 5.89. The van der Waals surface area contributed by atoms with Gasteiger partial charge < -0.3 is 16.4 Å². The molecule has 0 fully saturated rings. The van der Waals surface area contributed by atoms with Gasteiger partial charge in [-0.05, 0) is 6.07 Å². The van der Waals surface area contributed by atoms with Crippen LogP contribution in [0.25, 0.3) is 5.65 Å². The Morgan fingerprint density at radius 1 is 1.29 bits per heavy atom. The summed E-state index contributed by atoms with van der Waals surface area (Å²) in [6.07, 6.45) is 1.40. The van der Waals surface area contributed by atoms with E-state index in [1.54, 1.807) is 6.07 Å². The monoisotopic (exact) mass is 349 g/mol. The predicted octanol–water partition coefficient (Wildman–Crippen LogP) is 1.19. The van der Waals surface area contributed by atoms with E-state index in [0.29, 0.717) is 35.7 Å². The molecule has 4 N–H and O–H groups in total. The van der Waals surface area contributed by atoms with E-state index in [9.17, 15) is 10.1 Å². The molecule has 0 saturated carbocycles. The number of nitrogens with zero attached hydrogens (tertiary/aromatic N) is 6. The number of nitro groups is 1. The zero-order valence-electron chi connectivity index (χ0n) is 12.2. The predicted molar refractivity (Wildman–Crippen MR) is 88.1 cm³/mol. The van der Waals surface area contributed by atoms with Crippen LogP contribution < -0.4 is 16.4 Å². The Kier molecular flexibility index (Phi) is 4.24. The SMILES string of the molecule is Nc1nc(NCCNc2nc(Cl)cc3ncnn23)ccc1[N+](=O)[O-]. The van der Waals surface area contributed by atoms with Crippen LogP contribution in [0.1, 0.15) is 0 Å².